The zero-order valence-corrected chi connectivity index (χ0v) is 16.4. The molecular formula is C26H21N3O. The van der Waals surface area contributed by atoms with Crippen LogP contribution >= 0.6 is 0 Å². The van der Waals surface area contributed by atoms with Crippen LogP contribution in [-0.4, -0.2) is 10.2 Å². The number of aromatic amines is 1. The molecule has 146 valence electrons. The van der Waals surface area contributed by atoms with Crippen LogP contribution in [0, 0.1) is 0 Å². The number of nitrogen functional groups attached to an aromatic ring is 1. The Bertz CT molecular complexity index is 1280. The molecule has 1 heterocycles. The van der Waals surface area contributed by atoms with Crippen molar-refractivity contribution >= 4 is 16.7 Å². The third-order valence-corrected chi connectivity index (χ3v) is 5.23. The summed E-state index contributed by atoms with van der Waals surface area (Å²) in [4.78, 5) is 0. The van der Waals surface area contributed by atoms with E-state index in [0.717, 1.165) is 44.5 Å². The van der Waals surface area contributed by atoms with Crippen molar-refractivity contribution in [3.05, 3.63) is 103 Å². The monoisotopic (exact) mass is 391 g/mol. The van der Waals surface area contributed by atoms with Gasteiger partial charge in [0.05, 0.1) is 5.52 Å². The standard InChI is InChI=1S/C26H21N3O/c27-26-24-15-22(19-9-5-2-6-10-19)23(16-25(24)28-29-26)20-11-13-21(14-12-20)30-17-18-7-3-1-4-8-18/h1-16H,17H2,(H3,27,28,29). The first kappa shape index (κ1) is 18.0. The van der Waals surface area contributed by atoms with Gasteiger partial charge in [0, 0.05) is 5.39 Å². The van der Waals surface area contributed by atoms with Gasteiger partial charge < -0.3 is 10.5 Å². The van der Waals surface area contributed by atoms with Crippen molar-refractivity contribution in [2.75, 3.05) is 5.73 Å². The highest BCUT2D eigenvalue weighted by Gasteiger charge is 2.13. The lowest BCUT2D eigenvalue weighted by Crippen LogP contribution is -1.95. The van der Waals surface area contributed by atoms with E-state index in [4.69, 9.17) is 10.5 Å². The summed E-state index contributed by atoms with van der Waals surface area (Å²) in [5.74, 6) is 1.36. The summed E-state index contributed by atoms with van der Waals surface area (Å²) in [6.45, 7) is 0.550. The van der Waals surface area contributed by atoms with Crippen LogP contribution in [0.3, 0.4) is 0 Å². The number of nitrogens with two attached hydrogens (primary N) is 1. The minimum Gasteiger partial charge on any atom is -0.489 e. The maximum absolute atomic E-state index is 6.05. The number of H-pyrrole nitrogens is 1. The SMILES string of the molecule is Nc1n[nH]c2cc(-c3ccc(OCc4ccccc4)cc3)c(-c3ccccc3)cc12. The van der Waals surface area contributed by atoms with Crippen LogP contribution in [0.5, 0.6) is 5.75 Å². The molecule has 0 fully saturated rings. The number of fused-ring (bicyclic) bond motifs is 1. The fourth-order valence-electron chi connectivity index (χ4n) is 3.65. The highest BCUT2D eigenvalue weighted by Crippen LogP contribution is 2.37. The third-order valence-electron chi connectivity index (χ3n) is 5.23. The van der Waals surface area contributed by atoms with E-state index in [1.807, 2.05) is 48.5 Å². The van der Waals surface area contributed by atoms with Crippen molar-refractivity contribution in [1.29, 1.82) is 0 Å². The molecule has 5 aromatic rings. The number of anilines is 1. The van der Waals surface area contributed by atoms with Crippen LogP contribution in [0.2, 0.25) is 0 Å². The van der Waals surface area contributed by atoms with Crippen molar-refractivity contribution < 1.29 is 4.74 Å². The molecule has 0 saturated carbocycles. The van der Waals surface area contributed by atoms with Gasteiger partial charge in [0.1, 0.15) is 12.4 Å². The first-order valence-electron chi connectivity index (χ1n) is 9.88. The van der Waals surface area contributed by atoms with Gasteiger partial charge >= 0.3 is 0 Å². The van der Waals surface area contributed by atoms with Gasteiger partial charge in [-0.25, -0.2) is 0 Å². The lowest BCUT2D eigenvalue weighted by molar-refractivity contribution is 0.306. The van der Waals surface area contributed by atoms with Crippen LogP contribution in [-0.2, 0) is 6.61 Å². The molecule has 0 radical (unpaired) electrons. The quantitative estimate of drug-likeness (QED) is 0.383. The van der Waals surface area contributed by atoms with Gasteiger partial charge in [-0.15, -0.1) is 0 Å². The Balaban J connectivity index is 1.50. The highest BCUT2D eigenvalue weighted by atomic mass is 16.5. The number of hydrogen-bond acceptors (Lipinski definition) is 3. The predicted molar refractivity (Wildman–Crippen MR) is 122 cm³/mol. The molecule has 0 aliphatic carbocycles. The Morgan fingerprint density at radius 2 is 1.37 bits per heavy atom. The number of hydrogen-bond donors (Lipinski definition) is 2. The molecule has 0 aliphatic heterocycles. The molecule has 5 rings (SSSR count). The van der Waals surface area contributed by atoms with E-state index >= 15 is 0 Å². The molecule has 0 unspecified atom stereocenters. The van der Waals surface area contributed by atoms with E-state index < -0.39 is 0 Å². The predicted octanol–water partition coefficient (Wildman–Crippen LogP) is 6.06. The van der Waals surface area contributed by atoms with Crippen LogP contribution in [0.1, 0.15) is 5.56 Å². The zero-order valence-electron chi connectivity index (χ0n) is 16.4. The van der Waals surface area contributed by atoms with Gasteiger partial charge in [-0.05, 0) is 52.1 Å². The van der Waals surface area contributed by atoms with Gasteiger partial charge in [-0.1, -0.05) is 72.8 Å². The fourth-order valence-corrected chi connectivity index (χ4v) is 3.65. The molecule has 0 atom stereocenters. The van der Waals surface area contributed by atoms with E-state index in [0.29, 0.717) is 12.4 Å². The summed E-state index contributed by atoms with van der Waals surface area (Å²) in [5.41, 5.74) is 12.6. The lowest BCUT2D eigenvalue weighted by atomic mass is 9.93. The van der Waals surface area contributed by atoms with Gasteiger partial charge in [-0.2, -0.15) is 5.10 Å². The maximum Gasteiger partial charge on any atom is 0.153 e. The average molecular weight is 391 g/mol. The number of rotatable bonds is 5. The summed E-state index contributed by atoms with van der Waals surface area (Å²) >= 11 is 0. The second kappa shape index (κ2) is 7.76. The summed E-state index contributed by atoms with van der Waals surface area (Å²) < 4.78 is 5.94. The molecule has 0 bridgehead atoms. The summed E-state index contributed by atoms with van der Waals surface area (Å²) in [7, 11) is 0. The lowest BCUT2D eigenvalue weighted by Gasteiger charge is -2.12. The highest BCUT2D eigenvalue weighted by molar-refractivity contribution is 5.99. The fraction of sp³-hybridized carbons (Fsp3) is 0.0385. The van der Waals surface area contributed by atoms with E-state index in [1.54, 1.807) is 0 Å². The molecule has 3 N–H and O–H groups in total. The third kappa shape index (κ3) is 3.51. The smallest absolute Gasteiger partial charge is 0.153 e. The first-order valence-corrected chi connectivity index (χ1v) is 9.88. The number of nitrogens with zero attached hydrogens (tertiary/aromatic N) is 1. The first-order chi connectivity index (χ1) is 14.8. The molecule has 4 aromatic carbocycles. The van der Waals surface area contributed by atoms with E-state index in [1.165, 1.54) is 0 Å². The van der Waals surface area contributed by atoms with E-state index in [-0.39, 0.29) is 0 Å². The number of benzene rings is 4. The Hall–Kier alpha value is -4.05. The van der Waals surface area contributed by atoms with Crippen LogP contribution in [0.4, 0.5) is 5.82 Å². The number of ether oxygens (including phenoxy) is 1. The molecule has 4 heteroatoms. The minimum absolute atomic E-state index is 0.512. The normalized spacial score (nSPS) is 10.9. The molecular weight excluding hydrogens is 370 g/mol. The Morgan fingerprint density at radius 1 is 0.733 bits per heavy atom. The number of nitrogens with one attached hydrogen (secondary N) is 1. The van der Waals surface area contributed by atoms with Crippen molar-refractivity contribution in [3.8, 4) is 28.0 Å². The molecule has 0 aliphatic rings. The summed E-state index contributed by atoms with van der Waals surface area (Å²) in [6, 6.07) is 32.9. The molecule has 0 spiro atoms. The van der Waals surface area contributed by atoms with Crippen molar-refractivity contribution in [1.82, 2.24) is 10.2 Å². The van der Waals surface area contributed by atoms with E-state index in [2.05, 4.69) is 58.7 Å². The molecule has 30 heavy (non-hydrogen) atoms. The van der Waals surface area contributed by atoms with Crippen molar-refractivity contribution in [2.45, 2.75) is 6.61 Å². The second-order valence-corrected chi connectivity index (χ2v) is 7.22. The van der Waals surface area contributed by atoms with Crippen molar-refractivity contribution in [3.63, 3.8) is 0 Å². The van der Waals surface area contributed by atoms with Gasteiger partial charge in [0.25, 0.3) is 0 Å². The molecule has 0 saturated heterocycles. The summed E-state index contributed by atoms with van der Waals surface area (Å²) in [6.07, 6.45) is 0. The maximum atomic E-state index is 6.05. The molecule has 0 amide bonds. The van der Waals surface area contributed by atoms with Crippen molar-refractivity contribution in [2.24, 2.45) is 0 Å². The number of aromatic nitrogens is 2. The summed E-state index contributed by atoms with van der Waals surface area (Å²) in [5, 5.41) is 8.12. The van der Waals surface area contributed by atoms with Gasteiger partial charge in [0.2, 0.25) is 0 Å². The minimum atomic E-state index is 0.512. The Morgan fingerprint density at radius 3 is 2.10 bits per heavy atom. The van der Waals surface area contributed by atoms with Gasteiger partial charge in [0.15, 0.2) is 5.82 Å². The van der Waals surface area contributed by atoms with Gasteiger partial charge in [-0.3, -0.25) is 5.10 Å². The molecule has 4 nitrogen and oxygen atoms in total. The zero-order chi connectivity index (χ0) is 20.3. The van der Waals surface area contributed by atoms with Crippen LogP contribution in [0.25, 0.3) is 33.2 Å². The Labute approximate surface area is 174 Å². The largest absolute Gasteiger partial charge is 0.489 e. The second-order valence-electron chi connectivity index (χ2n) is 7.22. The van der Waals surface area contributed by atoms with E-state index in [9.17, 15) is 0 Å². The molecule has 1 aromatic heterocycles. The van der Waals surface area contributed by atoms with Crippen LogP contribution < -0.4 is 10.5 Å². The average Bonchev–Trinajstić information content (AvgIpc) is 3.18. The Kier molecular flexibility index (Phi) is 4.66. The van der Waals surface area contributed by atoms with Crippen LogP contribution in [0.15, 0.2) is 97.1 Å². The topological polar surface area (TPSA) is 63.9 Å².